The Balaban J connectivity index is 1.80. The number of likely N-dealkylation sites (tertiary alicyclic amines) is 1. The second-order valence-electron chi connectivity index (χ2n) is 5.35. The molecule has 114 valence electrons. The Hall–Kier alpha value is -2.14. The van der Waals surface area contributed by atoms with Gasteiger partial charge in [-0.15, -0.1) is 0 Å². The number of aryl methyl sites for hydroxylation is 1. The molecule has 1 aromatic heterocycles. The predicted octanol–water partition coefficient (Wildman–Crippen LogP) is 3.42. The van der Waals surface area contributed by atoms with Gasteiger partial charge in [-0.1, -0.05) is 11.6 Å². The van der Waals surface area contributed by atoms with E-state index < -0.39 is 0 Å². The van der Waals surface area contributed by atoms with Gasteiger partial charge in [0.25, 0.3) is 5.91 Å². The van der Waals surface area contributed by atoms with Gasteiger partial charge in [0.05, 0.1) is 0 Å². The van der Waals surface area contributed by atoms with Gasteiger partial charge in [-0.05, 0) is 49.6 Å². The molecule has 0 atom stereocenters. The molecule has 5 nitrogen and oxygen atoms in total. The molecule has 0 saturated carbocycles. The van der Waals surface area contributed by atoms with Crippen LogP contribution in [0.2, 0.25) is 5.02 Å². The van der Waals surface area contributed by atoms with Gasteiger partial charge in [0.2, 0.25) is 5.95 Å². The average molecular weight is 317 g/mol. The zero-order valence-electron chi connectivity index (χ0n) is 12.3. The number of benzene rings is 1. The topological polar surface area (TPSA) is 58.1 Å². The van der Waals surface area contributed by atoms with Crippen molar-refractivity contribution < 1.29 is 4.79 Å². The van der Waals surface area contributed by atoms with Crippen molar-refractivity contribution >= 4 is 29.1 Å². The predicted molar refractivity (Wildman–Crippen MR) is 86.6 cm³/mol. The molecular weight excluding hydrogens is 300 g/mol. The van der Waals surface area contributed by atoms with Gasteiger partial charge in [-0.25, -0.2) is 9.97 Å². The second kappa shape index (κ2) is 6.32. The normalized spacial score (nSPS) is 14.2. The summed E-state index contributed by atoms with van der Waals surface area (Å²) in [5, 5.41) is 3.82. The number of carbonyl (C=O) groups excluding carboxylic acids is 1. The summed E-state index contributed by atoms with van der Waals surface area (Å²) in [5.74, 6) is 0.381. The minimum Gasteiger partial charge on any atom is -0.337 e. The molecule has 1 saturated heterocycles. The first kappa shape index (κ1) is 14.8. The van der Waals surface area contributed by atoms with E-state index in [0.29, 0.717) is 16.7 Å². The lowest BCUT2D eigenvalue weighted by molar-refractivity contribution is 0.0787. The molecule has 3 rings (SSSR count). The molecule has 2 heterocycles. The van der Waals surface area contributed by atoms with E-state index in [1.54, 1.807) is 18.3 Å². The lowest BCUT2D eigenvalue weighted by Gasteiger charge is -2.15. The quantitative estimate of drug-likeness (QED) is 0.942. The molecule has 1 amide bonds. The standard InChI is InChI=1S/C16H17ClN4O/c1-11-10-12(17)4-5-13(11)19-16-18-7-6-14(20-16)15(22)21-8-2-3-9-21/h4-7,10H,2-3,8-9H2,1H3,(H,18,19,20). The highest BCUT2D eigenvalue weighted by molar-refractivity contribution is 6.30. The van der Waals surface area contributed by atoms with Gasteiger partial charge in [0.15, 0.2) is 0 Å². The van der Waals surface area contributed by atoms with Crippen LogP contribution in [0.15, 0.2) is 30.5 Å². The van der Waals surface area contributed by atoms with Crippen LogP contribution in [-0.4, -0.2) is 33.9 Å². The number of hydrogen-bond donors (Lipinski definition) is 1. The molecule has 1 N–H and O–H groups in total. The van der Waals surface area contributed by atoms with E-state index in [-0.39, 0.29) is 5.91 Å². The van der Waals surface area contributed by atoms with Gasteiger partial charge in [0.1, 0.15) is 5.69 Å². The van der Waals surface area contributed by atoms with Crippen LogP contribution in [0.1, 0.15) is 28.9 Å². The maximum absolute atomic E-state index is 12.4. The van der Waals surface area contributed by atoms with E-state index in [4.69, 9.17) is 11.6 Å². The van der Waals surface area contributed by atoms with Crippen molar-refractivity contribution in [3.05, 3.63) is 46.7 Å². The summed E-state index contributed by atoms with van der Waals surface area (Å²) < 4.78 is 0. The third kappa shape index (κ3) is 3.20. The molecule has 0 spiro atoms. The fourth-order valence-corrected chi connectivity index (χ4v) is 2.73. The molecule has 2 aromatic rings. The van der Waals surface area contributed by atoms with Crippen molar-refractivity contribution in [2.45, 2.75) is 19.8 Å². The molecule has 1 fully saturated rings. The Morgan fingerprint density at radius 3 is 2.77 bits per heavy atom. The number of halogens is 1. The minimum absolute atomic E-state index is 0.0317. The highest BCUT2D eigenvalue weighted by Gasteiger charge is 2.20. The molecule has 6 heteroatoms. The first-order valence-electron chi connectivity index (χ1n) is 7.29. The average Bonchev–Trinajstić information content (AvgIpc) is 3.04. The van der Waals surface area contributed by atoms with Crippen molar-refractivity contribution in [1.82, 2.24) is 14.9 Å². The van der Waals surface area contributed by atoms with Crippen LogP contribution < -0.4 is 5.32 Å². The lowest BCUT2D eigenvalue weighted by Crippen LogP contribution is -2.28. The monoisotopic (exact) mass is 316 g/mol. The Bertz CT molecular complexity index is 698. The third-order valence-corrected chi connectivity index (χ3v) is 3.94. The fraction of sp³-hybridized carbons (Fsp3) is 0.312. The Morgan fingerprint density at radius 2 is 2.05 bits per heavy atom. The number of nitrogens with zero attached hydrogens (tertiary/aromatic N) is 3. The van der Waals surface area contributed by atoms with Gasteiger partial charge >= 0.3 is 0 Å². The van der Waals surface area contributed by atoms with Gasteiger partial charge in [-0.2, -0.15) is 0 Å². The maximum atomic E-state index is 12.4. The Kier molecular flexibility index (Phi) is 4.24. The SMILES string of the molecule is Cc1cc(Cl)ccc1Nc1nccc(C(=O)N2CCCC2)n1. The smallest absolute Gasteiger partial charge is 0.272 e. The van der Waals surface area contributed by atoms with Crippen LogP contribution in [0, 0.1) is 6.92 Å². The molecule has 1 aliphatic heterocycles. The van der Waals surface area contributed by atoms with Gasteiger partial charge in [-0.3, -0.25) is 4.79 Å². The number of amides is 1. The van der Waals surface area contributed by atoms with E-state index in [1.807, 2.05) is 24.0 Å². The highest BCUT2D eigenvalue weighted by atomic mass is 35.5. The first-order valence-corrected chi connectivity index (χ1v) is 7.67. The Morgan fingerprint density at radius 1 is 1.27 bits per heavy atom. The van der Waals surface area contributed by atoms with Crippen LogP contribution in [-0.2, 0) is 0 Å². The van der Waals surface area contributed by atoms with Crippen LogP contribution in [0.4, 0.5) is 11.6 Å². The summed E-state index contributed by atoms with van der Waals surface area (Å²) in [7, 11) is 0. The largest absolute Gasteiger partial charge is 0.337 e. The molecule has 0 bridgehead atoms. The summed E-state index contributed by atoms with van der Waals surface area (Å²) in [4.78, 5) is 22.7. The van der Waals surface area contributed by atoms with Crippen molar-refractivity contribution in [1.29, 1.82) is 0 Å². The molecular formula is C16H17ClN4O. The summed E-state index contributed by atoms with van der Waals surface area (Å²) in [6, 6.07) is 7.19. The second-order valence-corrected chi connectivity index (χ2v) is 5.79. The number of aromatic nitrogens is 2. The van der Waals surface area contributed by atoms with E-state index in [1.165, 1.54) is 0 Å². The molecule has 1 aliphatic rings. The lowest BCUT2D eigenvalue weighted by atomic mass is 10.2. The molecule has 0 aliphatic carbocycles. The van der Waals surface area contributed by atoms with Crippen LogP contribution >= 0.6 is 11.6 Å². The summed E-state index contributed by atoms with van der Waals surface area (Å²) in [5.41, 5.74) is 2.29. The van der Waals surface area contributed by atoms with E-state index in [9.17, 15) is 4.79 Å². The number of hydrogen-bond acceptors (Lipinski definition) is 4. The zero-order chi connectivity index (χ0) is 15.5. The molecule has 0 radical (unpaired) electrons. The Labute approximate surface area is 134 Å². The summed E-state index contributed by atoms with van der Waals surface area (Å²) in [6.45, 7) is 3.57. The van der Waals surface area contributed by atoms with Crippen molar-refractivity contribution in [2.75, 3.05) is 18.4 Å². The van der Waals surface area contributed by atoms with Gasteiger partial charge < -0.3 is 10.2 Å². The van der Waals surface area contributed by atoms with Gasteiger partial charge in [0, 0.05) is 30.0 Å². The van der Waals surface area contributed by atoms with Crippen LogP contribution in [0.25, 0.3) is 0 Å². The minimum atomic E-state index is -0.0317. The fourth-order valence-electron chi connectivity index (χ4n) is 2.51. The van der Waals surface area contributed by atoms with Crippen LogP contribution in [0.3, 0.4) is 0 Å². The van der Waals surface area contributed by atoms with E-state index >= 15 is 0 Å². The third-order valence-electron chi connectivity index (χ3n) is 3.70. The van der Waals surface area contributed by atoms with Crippen molar-refractivity contribution in [3.8, 4) is 0 Å². The highest BCUT2D eigenvalue weighted by Crippen LogP contribution is 2.22. The number of carbonyl (C=O) groups is 1. The summed E-state index contributed by atoms with van der Waals surface area (Å²) in [6.07, 6.45) is 3.72. The molecule has 22 heavy (non-hydrogen) atoms. The number of nitrogens with one attached hydrogen (secondary N) is 1. The molecule has 1 aromatic carbocycles. The maximum Gasteiger partial charge on any atom is 0.272 e. The van der Waals surface area contributed by atoms with Crippen molar-refractivity contribution in [3.63, 3.8) is 0 Å². The number of anilines is 2. The zero-order valence-corrected chi connectivity index (χ0v) is 13.1. The van der Waals surface area contributed by atoms with Crippen LogP contribution in [0.5, 0.6) is 0 Å². The first-order chi connectivity index (χ1) is 10.6. The molecule has 0 unspecified atom stereocenters. The number of rotatable bonds is 3. The van der Waals surface area contributed by atoms with E-state index in [2.05, 4.69) is 15.3 Å². The van der Waals surface area contributed by atoms with E-state index in [0.717, 1.165) is 37.2 Å². The summed E-state index contributed by atoms with van der Waals surface area (Å²) >= 11 is 5.95. The van der Waals surface area contributed by atoms with Crippen molar-refractivity contribution in [2.24, 2.45) is 0 Å².